The number of rotatable bonds is 1. The molecule has 0 aliphatic heterocycles. The summed E-state index contributed by atoms with van der Waals surface area (Å²) in [6, 6.07) is 6.69. The Morgan fingerprint density at radius 2 is 1.14 bits per heavy atom. The lowest BCUT2D eigenvalue weighted by Gasteiger charge is -2.00. The van der Waals surface area contributed by atoms with E-state index in [1.54, 1.807) is 0 Å². The minimum absolute atomic E-state index is 1.14. The van der Waals surface area contributed by atoms with Gasteiger partial charge in [0.1, 0.15) is 0 Å². The van der Waals surface area contributed by atoms with Crippen LogP contribution in [-0.2, 0) is 6.42 Å². The molecule has 1 rings (SSSR count). The monoisotopic (exact) mass is 194 g/mol. The van der Waals surface area contributed by atoms with Crippen LogP contribution < -0.4 is 0 Å². The normalized spacial score (nSPS) is 7.93. The van der Waals surface area contributed by atoms with E-state index >= 15 is 0 Å². The third kappa shape index (κ3) is 6.71. The number of hydrogen-bond donors (Lipinski definition) is 0. The molecule has 82 valence electrons. The van der Waals surface area contributed by atoms with Gasteiger partial charge in [0.05, 0.1) is 0 Å². The van der Waals surface area contributed by atoms with Gasteiger partial charge in [0.25, 0.3) is 0 Å². The molecule has 14 heavy (non-hydrogen) atoms. The first-order valence-corrected chi connectivity index (χ1v) is 5.79. The fraction of sp³-hybridized carbons (Fsp3) is 0.571. The molecule has 0 radical (unpaired) electrons. The van der Waals surface area contributed by atoms with Crippen molar-refractivity contribution < 1.29 is 0 Å². The Kier molecular flexibility index (Phi) is 11.5. The molecule has 0 heteroatoms. The van der Waals surface area contributed by atoms with Gasteiger partial charge in [-0.15, -0.1) is 0 Å². The second-order valence-corrected chi connectivity index (χ2v) is 2.85. The summed E-state index contributed by atoms with van der Waals surface area (Å²) in [6.45, 7) is 14.5. The molecule has 0 saturated carbocycles. The average Bonchev–Trinajstić information content (AvgIpc) is 2.22. The Morgan fingerprint density at radius 1 is 0.786 bits per heavy atom. The van der Waals surface area contributed by atoms with Crippen molar-refractivity contribution in [2.24, 2.45) is 0 Å². The van der Waals surface area contributed by atoms with Crippen LogP contribution in [0.4, 0.5) is 0 Å². The van der Waals surface area contributed by atoms with E-state index in [2.05, 4.69) is 39.0 Å². The molecular weight excluding hydrogens is 168 g/mol. The first-order valence-electron chi connectivity index (χ1n) is 5.79. The van der Waals surface area contributed by atoms with Crippen LogP contribution in [-0.4, -0.2) is 0 Å². The molecule has 0 nitrogen and oxygen atoms in total. The average molecular weight is 194 g/mol. The summed E-state index contributed by atoms with van der Waals surface area (Å²) in [4.78, 5) is 0. The van der Waals surface area contributed by atoms with Crippen molar-refractivity contribution in [2.75, 3.05) is 0 Å². The van der Waals surface area contributed by atoms with Crippen molar-refractivity contribution in [3.05, 3.63) is 34.9 Å². The second-order valence-electron chi connectivity index (χ2n) is 2.85. The lowest BCUT2D eigenvalue weighted by atomic mass is 10.1. The first-order chi connectivity index (χ1) is 6.72. The summed E-state index contributed by atoms with van der Waals surface area (Å²) in [5, 5.41) is 0. The Balaban J connectivity index is 0. The highest BCUT2D eigenvalue weighted by molar-refractivity contribution is 5.28. The van der Waals surface area contributed by atoms with Gasteiger partial charge in [-0.3, -0.25) is 0 Å². The molecule has 0 bridgehead atoms. The maximum Gasteiger partial charge on any atom is -0.0307 e. The quantitative estimate of drug-likeness (QED) is 0.595. The number of hydrogen-bond acceptors (Lipinski definition) is 0. The first kappa shape index (κ1) is 15.7. The highest BCUT2D eigenvalue weighted by Crippen LogP contribution is 2.08. The van der Waals surface area contributed by atoms with Crippen LogP contribution in [0.5, 0.6) is 0 Å². The van der Waals surface area contributed by atoms with Crippen molar-refractivity contribution in [3.8, 4) is 0 Å². The summed E-state index contributed by atoms with van der Waals surface area (Å²) < 4.78 is 0. The Hall–Kier alpha value is -0.780. The molecule has 1 aromatic carbocycles. The van der Waals surface area contributed by atoms with Gasteiger partial charge in [0.2, 0.25) is 0 Å². The van der Waals surface area contributed by atoms with E-state index in [1.807, 2.05) is 27.7 Å². The van der Waals surface area contributed by atoms with Crippen molar-refractivity contribution in [1.29, 1.82) is 0 Å². The van der Waals surface area contributed by atoms with Crippen LogP contribution >= 0.6 is 0 Å². The van der Waals surface area contributed by atoms with Gasteiger partial charge in [-0.25, -0.2) is 0 Å². The predicted molar refractivity (Wildman–Crippen MR) is 68.0 cm³/mol. The van der Waals surface area contributed by atoms with Crippen molar-refractivity contribution >= 4 is 0 Å². The van der Waals surface area contributed by atoms with Crippen molar-refractivity contribution in [3.63, 3.8) is 0 Å². The molecular formula is C14H26. The van der Waals surface area contributed by atoms with Gasteiger partial charge in [0, 0.05) is 0 Å². The van der Waals surface area contributed by atoms with E-state index in [4.69, 9.17) is 0 Å². The highest BCUT2D eigenvalue weighted by atomic mass is 14.0. The van der Waals surface area contributed by atoms with E-state index in [9.17, 15) is 0 Å². The minimum atomic E-state index is 1.14. The maximum absolute atomic E-state index is 2.24. The highest BCUT2D eigenvalue weighted by Gasteiger charge is 1.91. The SMILES string of the molecule is CC.CC.CCc1cc(C)cc(C)c1. The Labute approximate surface area is 90.4 Å². The summed E-state index contributed by atoms with van der Waals surface area (Å²) in [5.74, 6) is 0. The lowest BCUT2D eigenvalue weighted by molar-refractivity contribution is 1.12. The topological polar surface area (TPSA) is 0 Å². The van der Waals surface area contributed by atoms with Crippen LogP contribution in [0.2, 0.25) is 0 Å². The molecule has 0 atom stereocenters. The lowest BCUT2D eigenvalue weighted by Crippen LogP contribution is -1.83. The summed E-state index contributed by atoms with van der Waals surface area (Å²) in [7, 11) is 0. The molecule has 1 aromatic rings. The van der Waals surface area contributed by atoms with Gasteiger partial charge in [-0.05, 0) is 25.8 Å². The van der Waals surface area contributed by atoms with E-state index in [1.165, 1.54) is 16.7 Å². The zero-order chi connectivity index (χ0) is 11.6. The molecule has 0 aliphatic carbocycles. The molecule has 0 fully saturated rings. The largest absolute Gasteiger partial charge is 0.0683 e. The molecule has 0 aliphatic rings. The Bertz CT molecular complexity index is 203. The second kappa shape index (κ2) is 10.3. The molecule has 0 amide bonds. The zero-order valence-electron chi connectivity index (χ0n) is 10.9. The van der Waals surface area contributed by atoms with Gasteiger partial charge >= 0.3 is 0 Å². The van der Waals surface area contributed by atoms with E-state index < -0.39 is 0 Å². The van der Waals surface area contributed by atoms with Gasteiger partial charge in [0.15, 0.2) is 0 Å². The standard InChI is InChI=1S/C10H14.2C2H6/c1-4-10-6-8(2)5-9(3)7-10;2*1-2/h5-7H,4H2,1-3H3;2*1-2H3. The molecule has 0 unspecified atom stereocenters. The third-order valence-electron chi connectivity index (χ3n) is 1.69. The molecule has 0 aromatic heterocycles. The summed E-state index contributed by atoms with van der Waals surface area (Å²) >= 11 is 0. The fourth-order valence-electron chi connectivity index (χ4n) is 1.27. The van der Waals surface area contributed by atoms with Gasteiger partial charge in [-0.1, -0.05) is 63.9 Å². The fourth-order valence-corrected chi connectivity index (χ4v) is 1.27. The van der Waals surface area contributed by atoms with Crippen LogP contribution in [0, 0.1) is 13.8 Å². The molecule has 0 heterocycles. The van der Waals surface area contributed by atoms with Crippen LogP contribution in [0.15, 0.2) is 18.2 Å². The van der Waals surface area contributed by atoms with E-state index in [0.29, 0.717) is 0 Å². The van der Waals surface area contributed by atoms with E-state index in [-0.39, 0.29) is 0 Å². The van der Waals surface area contributed by atoms with Crippen molar-refractivity contribution in [2.45, 2.75) is 54.9 Å². The smallest absolute Gasteiger partial charge is 0.0307 e. The third-order valence-corrected chi connectivity index (χ3v) is 1.69. The number of aryl methyl sites for hydroxylation is 3. The molecule has 0 spiro atoms. The van der Waals surface area contributed by atoms with Crippen LogP contribution in [0.3, 0.4) is 0 Å². The van der Waals surface area contributed by atoms with Gasteiger partial charge < -0.3 is 0 Å². The Morgan fingerprint density at radius 3 is 1.43 bits per heavy atom. The van der Waals surface area contributed by atoms with Crippen LogP contribution in [0.25, 0.3) is 0 Å². The maximum atomic E-state index is 2.24. The van der Waals surface area contributed by atoms with Crippen molar-refractivity contribution in [1.82, 2.24) is 0 Å². The predicted octanol–water partition coefficient (Wildman–Crippen LogP) is 4.92. The number of benzene rings is 1. The van der Waals surface area contributed by atoms with E-state index in [0.717, 1.165) is 6.42 Å². The molecule has 0 saturated heterocycles. The summed E-state index contributed by atoms with van der Waals surface area (Å²) in [5.41, 5.74) is 4.19. The van der Waals surface area contributed by atoms with Gasteiger partial charge in [-0.2, -0.15) is 0 Å². The summed E-state index contributed by atoms with van der Waals surface area (Å²) in [6.07, 6.45) is 1.14. The zero-order valence-corrected chi connectivity index (χ0v) is 10.9. The van der Waals surface area contributed by atoms with Crippen LogP contribution in [0.1, 0.15) is 51.3 Å². The minimum Gasteiger partial charge on any atom is -0.0683 e. The molecule has 0 N–H and O–H groups in total.